The second-order valence-electron chi connectivity index (χ2n) is 6.32. The van der Waals surface area contributed by atoms with Gasteiger partial charge in [0.1, 0.15) is 0 Å². The van der Waals surface area contributed by atoms with E-state index < -0.39 is 11.9 Å². The van der Waals surface area contributed by atoms with Crippen molar-refractivity contribution < 1.29 is 28.9 Å². The maximum absolute atomic E-state index is 12.4. The van der Waals surface area contributed by atoms with Crippen molar-refractivity contribution in [2.45, 2.75) is 19.3 Å². The Morgan fingerprint density at radius 2 is 1.84 bits per heavy atom. The Balaban J connectivity index is 1.63. The molecule has 136 valence electrons. The fourth-order valence-electron chi connectivity index (χ4n) is 3.18. The molecule has 0 bridgehead atoms. The van der Waals surface area contributed by atoms with Gasteiger partial charge in [-0.15, -0.1) is 0 Å². The largest absolute Gasteiger partial charge is 0.490 e. The smallest absolute Gasteiger partial charge is 0.308 e. The lowest BCUT2D eigenvalue weighted by Gasteiger charge is -2.27. The number of carbonyl (C=O) groups excluding carboxylic acids is 1. The Kier molecular flexibility index (Phi) is 5.75. The summed E-state index contributed by atoms with van der Waals surface area (Å²) in [6.45, 7) is 2.38. The quantitative estimate of drug-likeness (QED) is 0.840. The van der Waals surface area contributed by atoms with E-state index in [-0.39, 0.29) is 18.4 Å². The van der Waals surface area contributed by atoms with Crippen molar-refractivity contribution in [1.29, 1.82) is 0 Å². The SMILES string of the molecule is O=C(NCC(C(=O)O)C1CCOCC1)c1ccc2c(c1)OCCCO2. The third-order valence-electron chi connectivity index (χ3n) is 4.64. The van der Waals surface area contributed by atoms with Crippen LogP contribution < -0.4 is 14.8 Å². The normalized spacial score (nSPS) is 18.9. The van der Waals surface area contributed by atoms with Gasteiger partial charge in [-0.3, -0.25) is 9.59 Å². The molecule has 0 saturated carbocycles. The van der Waals surface area contributed by atoms with Crippen molar-refractivity contribution in [3.63, 3.8) is 0 Å². The topological polar surface area (TPSA) is 94.1 Å². The zero-order chi connectivity index (χ0) is 17.6. The Bertz CT molecular complexity index is 626. The predicted molar refractivity (Wildman–Crippen MR) is 89.1 cm³/mol. The summed E-state index contributed by atoms with van der Waals surface area (Å²) in [6.07, 6.45) is 2.20. The average Bonchev–Trinajstić information content (AvgIpc) is 2.87. The lowest BCUT2D eigenvalue weighted by molar-refractivity contribution is -0.144. The van der Waals surface area contributed by atoms with Gasteiger partial charge in [0.25, 0.3) is 5.91 Å². The molecule has 0 aliphatic carbocycles. The van der Waals surface area contributed by atoms with Crippen LogP contribution >= 0.6 is 0 Å². The Morgan fingerprint density at radius 1 is 1.12 bits per heavy atom. The zero-order valence-corrected chi connectivity index (χ0v) is 14.0. The van der Waals surface area contributed by atoms with E-state index in [0.29, 0.717) is 56.3 Å². The van der Waals surface area contributed by atoms with Crippen LogP contribution in [0, 0.1) is 11.8 Å². The van der Waals surface area contributed by atoms with Crippen LogP contribution in [0.4, 0.5) is 0 Å². The van der Waals surface area contributed by atoms with E-state index in [2.05, 4.69) is 5.32 Å². The van der Waals surface area contributed by atoms with E-state index in [1.807, 2.05) is 0 Å². The predicted octanol–water partition coefficient (Wildman–Crippen LogP) is 1.71. The number of nitrogens with one attached hydrogen (secondary N) is 1. The van der Waals surface area contributed by atoms with Crippen LogP contribution in [0.1, 0.15) is 29.6 Å². The Hall–Kier alpha value is -2.28. The number of ether oxygens (including phenoxy) is 3. The minimum absolute atomic E-state index is 0.0235. The van der Waals surface area contributed by atoms with Gasteiger partial charge < -0.3 is 24.6 Å². The summed E-state index contributed by atoms with van der Waals surface area (Å²) < 4.78 is 16.4. The van der Waals surface area contributed by atoms with Crippen LogP contribution in [0.3, 0.4) is 0 Å². The number of rotatable bonds is 5. The third kappa shape index (κ3) is 4.42. The molecule has 1 aromatic rings. The van der Waals surface area contributed by atoms with Crippen LogP contribution in [0.2, 0.25) is 0 Å². The lowest BCUT2D eigenvalue weighted by Crippen LogP contribution is -2.39. The van der Waals surface area contributed by atoms with Crippen molar-refractivity contribution in [3.05, 3.63) is 23.8 Å². The lowest BCUT2D eigenvalue weighted by atomic mass is 9.86. The molecular formula is C18H23NO6. The van der Waals surface area contributed by atoms with E-state index in [9.17, 15) is 14.7 Å². The van der Waals surface area contributed by atoms with Gasteiger partial charge in [-0.1, -0.05) is 0 Å². The average molecular weight is 349 g/mol. The number of carboxylic acid groups (broad SMARTS) is 1. The molecule has 1 unspecified atom stereocenters. The highest BCUT2D eigenvalue weighted by molar-refractivity contribution is 5.95. The summed E-state index contributed by atoms with van der Waals surface area (Å²) in [7, 11) is 0. The molecule has 2 aliphatic heterocycles. The molecule has 2 aliphatic rings. The van der Waals surface area contributed by atoms with E-state index in [1.165, 1.54) is 0 Å². The molecular weight excluding hydrogens is 326 g/mol. The van der Waals surface area contributed by atoms with Crippen LogP contribution in [-0.2, 0) is 9.53 Å². The molecule has 0 radical (unpaired) electrons. The Labute approximate surface area is 146 Å². The first kappa shape index (κ1) is 17.5. The highest BCUT2D eigenvalue weighted by atomic mass is 16.5. The molecule has 1 aromatic carbocycles. The first-order valence-electron chi connectivity index (χ1n) is 8.63. The molecule has 3 rings (SSSR count). The summed E-state index contributed by atoms with van der Waals surface area (Å²) in [5.74, 6) is -0.604. The van der Waals surface area contributed by atoms with Gasteiger partial charge in [0.05, 0.1) is 19.1 Å². The van der Waals surface area contributed by atoms with Crippen molar-refractivity contribution in [2.75, 3.05) is 33.0 Å². The molecule has 2 N–H and O–H groups in total. The van der Waals surface area contributed by atoms with Gasteiger partial charge in [0, 0.05) is 31.7 Å². The number of amides is 1. The molecule has 0 aromatic heterocycles. The van der Waals surface area contributed by atoms with Gasteiger partial charge in [-0.05, 0) is 37.0 Å². The number of hydrogen-bond donors (Lipinski definition) is 2. The second-order valence-corrected chi connectivity index (χ2v) is 6.32. The fourth-order valence-corrected chi connectivity index (χ4v) is 3.18. The molecule has 25 heavy (non-hydrogen) atoms. The van der Waals surface area contributed by atoms with E-state index in [1.54, 1.807) is 18.2 Å². The summed E-state index contributed by atoms with van der Waals surface area (Å²) >= 11 is 0. The number of hydrogen-bond acceptors (Lipinski definition) is 5. The van der Waals surface area contributed by atoms with Gasteiger partial charge >= 0.3 is 5.97 Å². The van der Waals surface area contributed by atoms with Gasteiger partial charge in [-0.25, -0.2) is 0 Å². The number of benzene rings is 1. The molecule has 1 atom stereocenters. The van der Waals surface area contributed by atoms with Crippen LogP contribution in [0.25, 0.3) is 0 Å². The summed E-state index contributed by atoms with van der Waals surface area (Å²) in [6, 6.07) is 5.01. The van der Waals surface area contributed by atoms with Crippen molar-refractivity contribution in [3.8, 4) is 11.5 Å². The van der Waals surface area contributed by atoms with Crippen molar-refractivity contribution in [1.82, 2.24) is 5.32 Å². The van der Waals surface area contributed by atoms with Crippen LogP contribution in [-0.4, -0.2) is 50.0 Å². The number of carbonyl (C=O) groups is 2. The molecule has 0 spiro atoms. The van der Waals surface area contributed by atoms with Gasteiger partial charge in [-0.2, -0.15) is 0 Å². The molecule has 1 fully saturated rings. The van der Waals surface area contributed by atoms with Crippen LogP contribution in [0.5, 0.6) is 11.5 Å². The number of fused-ring (bicyclic) bond motifs is 1. The first-order valence-corrected chi connectivity index (χ1v) is 8.63. The summed E-state index contributed by atoms with van der Waals surface area (Å²) in [5.41, 5.74) is 0.431. The number of carboxylic acids is 1. The van der Waals surface area contributed by atoms with Crippen molar-refractivity contribution >= 4 is 11.9 Å². The van der Waals surface area contributed by atoms with Gasteiger partial charge in [0.15, 0.2) is 11.5 Å². The minimum atomic E-state index is -0.883. The monoisotopic (exact) mass is 349 g/mol. The van der Waals surface area contributed by atoms with Crippen molar-refractivity contribution in [2.24, 2.45) is 11.8 Å². The maximum Gasteiger partial charge on any atom is 0.308 e. The Morgan fingerprint density at radius 3 is 2.56 bits per heavy atom. The minimum Gasteiger partial charge on any atom is -0.490 e. The standard InChI is InChI=1S/C18H23NO6/c20-17(13-2-3-15-16(10-13)25-7-1-6-24-15)19-11-14(18(21)22)12-4-8-23-9-5-12/h2-3,10,12,14H,1,4-9,11H2,(H,19,20)(H,21,22). The van der Waals surface area contributed by atoms with E-state index >= 15 is 0 Å². The second kappa shape index (κ2) is 8.20. The molecule has 1 saturated heterocycles. The number of aliphatic carboxylic acids is 1. The summed E-state index contributed by atoms with van der Waals surface area (Å²) in [4.78, 5) is 24.0. The first-order chi connectivity index (χ1) is 12.1. The maximum atomic E-state index is 12.4. The molecule has 7 heteroatoms. The molecule has 7 nitrogen and oxygen atoms in total. The highest BCUT2D eigenvalue weighted by Gasteiger charge is 2.30. The van der Waals surface area contributed by atoms with Gasteiger partial charge in [0.2, 0.25) is 0 Å². The fraction of sp³-hybridized carbons (Fsp3) is 0.556. The van der Waals surface area contributed by atoms with E-state index in [0.717, 1.165) is 6.42 Å². The zero-order valence-electron chi connectivity index (χ0n) is 14.0. The highest BCUT2D eigenvalue weighted by Crippen LogP contribution is 2.30. The molecule has 2 heterocycles. The van der Waals surface area contributed by atoms with Crippen LogP contribution in [0.15, 0.2) is 18.2 Å². The molecule has 1 amide bonds. The summed E-state index contributed by atoms with van der Waals surface area (Å²) in [5, 5.41) is 12.2. The third-order valence-corrected chi connectivity index (χ3v) is 4.64. The van der Waals surface area contributed by atoms with E-state index in [4.69, 9.17) is 14.2 Å².